The number of benzene rings is 2. The maximum absolute atomic E-state index is 6.12. The van der Waals surface area contributed by atoms with E-state index < -0.39 is 0 Å². The maximum atomic E-state index is 6.12. The highest BCUT2D eigenvalue weighted by Crippen LogP contribution is 2.49. The van der Waals surface area contributed by atoms with E-state index >= 15 is 0 Å². The van der Waals surface area contributed by atoms with Gasteiger partial charge in [0.2, 0.25) is 5.95 Å². The molecule has 2 aromatic carbocycles. The van der Waals surface area contributed by atoms with Gasteiger partial charge in [-0.05, 0) is 24.6 Å². The predicted molar refractivity (Wildman–Crippen MR) is 98.4 cm³/mol. The summed E-state index contributed by atoms with van der Waals surface area (Å²) in [5, 5.41) is 1.28. The number of aromatic nitrogens is 2. The number of halogens is 1. The van der Waals surface area contributed by atoms with Crippen LogP contribution in [0, 0.1) is 0 Å². The van der Waals surface area contributed by atoms with Crippen LogP contribution in [0.15, 0.2) is 30.3 Å². The van der Waals surface area contributed by atoms with Crippen LogP contribution in [0.2, 0.25) is 5.02 Å². The fourth-order valence-electron chi connectivity index (χ4n) is 3.17. The molecule has 0 aliphatic carbocycles. The van der Waals surface area contributed by atoms with Gasteiger partial charge in [-0.3, -0.25) is 0 Å². The third-order valence-electron chi connectivity index (χ3n) is 4.34. The molecule has 4 rings (SSSR count). The van der Waals surface area contributed by atoms with Crippen molar-refractivity contribution in [3.63, 3.8) is 0 Å². The van der Waals surface area contributed by atoms with Crippen molar-refractivity contribution in [1.29, 1.82) is 0 Å². The predicted octanol–water partition coefficient (Wildman–Crippen LogP) is 4.13. The van der Waals surface area contributed by atoms with Crippen molar-refractivity contribution in [2.45, 2.75) is 19.3 Å². The highest BCUT2D eigenvalue weighted by Gasteiger charge is 2.31. The van der Waals surface area contributed by atoms with Gasteiger partial charge >= 0.3 is 0 Å². The number of nitrogens with zero attached hydrogens (tertiary/aromatic N) is 2. The van der Waals surface area contributed by atoms with Crippen LogP contribution in [0.5, 0.6) is 17.2 Å². The quantitative estimate of drug-likeness (QED) is 0.732. The molecule has 7 heteroatoms. The second kappa shape index (κ2) is 5.97. The van der Waals surface area contributed by atoms with Crippen molar-refractivity contribution in [3.8, 4) is 17.2 Å². The van der Waals surface area contributed by atoms with Gasteiger partial charge in [0.15, 0.2) is 0 Å². The second-order valence-electron chi connectivity index (χ2n) is 5.95. The van der Waals surface area contributed by atoms with Crippen LogP contribution in [-0.2, 0) is 0 Å². The Morgan fingerprint density at radius 2 is 2.12 bits per heavy atom. The normalized spacial score (nSPS) is 15.8. The Balaban J connectivity index is 1.94. The molecule has 1 aliphatic rings. The number of nitrogens with two attached hydrogens (primary N) is 2. The molecule has 2 heterocycles. The molecule has 0 bridgehead atoms. The highest BCUT2D eigenvalue weighted by atomic mass is 35.5. The Morgan fingerprint density at radius 1 is 1.28 bits per heavy atom. The minimum atomic E-state index is 0.115. The summed E-state index contributed by atoms with van der Waals surface area (Å²) in [5.41, 5.74) is 13.4. The molecule has 0 radical (unpaired) electrons. The molecule has 0 fully saturated rings. The van der Waals surface area contributed by atoms with E-state index in [-0.39, 0.29) is 11.9 Å². The fraction of sp³-hybridized carbons (Fsp3) is 0.222. The number of rotatable bonds is 3. The Hall–Kier alpha value is -2.73. The van der Waals surface area contributed by atoms with Crippen LogP contribution in [0.1, 0.15) is 24.8 Å². The van der Waals surface area contributed by atoms with Crippen LogP contribution < -0.4 is 20.9 Å². The molecule has 3 aromatic rings. The number of hydrogen-bond donors (Lipinski definition) is 2. The molecule has 25 heavy (non-hydrogen) atoms. The SMILES string of the molecule is CCC1COc2c1c(Oc1cccc(Cl)c1)cc1nc(N)nc(N)c21. The van der Waals surface area contributed by atoms with Gasteiger partial charge in [-0.25, -0.2) is 4.98 Å². The van der Waals surface area contributed by atoms with E-state index in [2.05, 4.69) is 16.9 Å². The number of fused-ring (bicyclic) bond motifs is 3. The third kappa shape index (κ3) is 2.68. The van der Waals surface area contributed by atoms with E-state index in [1.165, 1.54) is 0 Å². The van der Waals surface area contributed by atoms with Gasteiger partial charge in [0.25, 0.3) is 0 Å². The standard InChI is InChI=1S/C18H17ClN4O2/c1-2-9-8-24-16-14(9)13(25-11-5-3-4-10(19)6-11)7-12-15(16)17(20)23-18(21)22-12/h3-7,9H,2,8H2,1H3,(H4,20,21,22,23). The first-order valence-corrected chi connectivity index (χ1v) is 8.40. The van der Waals surface area contributed by atoms with Gasteiger partial charge < -0.3 is 20.9 Å². The van der Waals surface area contributed by atoms with Crippen molar-refractivity contribution in [2.75, 3.05) is 18.1 Å². The number of nitrogen functional groups attached to an aromatic ring is 2. The Morgan fingerprint density at radius 3 is 2.88 bits per heavy atom. The average molecular weight is 357 g/mol. The lowest BCUT2D eigenvalue weighted by molar-refractivity contribution is 0.331. The summed E-state index contributed by atoms with van der Waals surface area (Å²) < 4.78 is 12.0. The second-order valence-corrected chi connectivity index (χ2v) is 6.39. The highest BCUT2D eigenvalue weighted by molar-refractivity contribution is 6.30. The van der Waals surface area contributed by atoms with Gasteiger partial charge in [0.1, 0.15) is 23.1 Å². The number of ether oxygens (including phenoxy) is 2. The summed E-state index contributed by atoms with van der Waals surface area (Å²) in [6.07, 6.45) is 0.917. The van der Waals surface area contributed by atoms with E-state index in [0.29, 0.717) is 45.6 Å². The lowest BCUT2D eigenvalue weighted by Crippen LogP contribution is -2.02. The molecule has 4 N–H and O–H groups in total. The minimum absolute atomic E-state index is 0.115. The molecular weight excluding hydrogens is 340 g/mol. The van der Waals surface area contributed by atoms with Crippen molar-refractivity contribution in [2.24, 2.45) is 0 Å². The summed E-state index contributed by atoms with van der Waals surface area (Å²) in [5.74, 6) is 2.63. The zero-order valence-corrected chi connectivity index (χ0v) is 14.4. The fourth-order valence-corrected chi connectivity index (χ4v) is 3.35. The first-order chi connectivity index (χ1) is 12.1. The van der Waals surface area contributed by atoms with Gasteiger partial charge in [-0.2, -0.15) is 4.98 Å². The van der Waals surface area contributed by atoms with Gasteiger partial charge in [-0.1, -0.05) is 24.6 Å². The zero-order valence-electron chi connectivity index (χ0n) is 13.6. The molecular formula is C18H17ClN4O2. The molecule has 1 unspecified atom stereocenters. The van der Waals surface area contributed by atoms with Crippen molar-refractivity contribution in [1.82, 2.24) is 9.97 Å². The first-order valence-electron chi connectivity index (χ1n) is 8.02. The number of hydrogen-bond acceptors (Lipinski definition) is 6. The topological polar surface area (TPSA) is 96.3 Å². The summed E-state index contributed by atoms with van der Waals surface area (Å²) in [6.45, 7) is 2.68. The monoisotopic (exact) mass is 356 g/mol. The molecule has 1 aliphatic heterocycles. The molecule has 1 atom stereocenters. The van der Waals surface area contributed by atoms with Crippen molar-refractivity contribution >= 4 is 34.3 Å². The van der Waals surface area contributed by atoms with E-state index in [1.54, 1.807) is 12.1 Å². The smallest absolute Gasteiger partial charge is 0.222 e. The van der Waals surface area contributed by atoms with Crippen LogP contribution in [0.4, 0.5) is 11.8 Å². The molecule has 0 saturated heterocycles. The van der Waals surface area contributed by atoms with Gasteiger partial charge in [0, 0.05) is 22.6 Å². The van der Waals surface area contributed by atoms with E-state index in [4.69, 9.17) is 32.5 Å². The molecule has 0 spiro atoms. The van der Waals surface area contributed by atoms with Crippen LogP contribution >= 0.6 is 11.6 Å². The van der Waals surface area contributed by atoms with E-state index in [0.717, 1.165) is 12.0 Å². The Labute approximate surface area is 149 Å². The number of anilines is 2. The molecule has 0 saturated carbocycles. The molecule has 0 amide bonds. The Kier molecular flexibility index (Phi) is 3.77. The van der Waals surface area contributed by atoms with Gasteiger partial charge in [0.05, 0.1) is 17.5 Å². The van der Waals surface area contributed by atoms with Gasteiger partial charge in [-0.15, -0.1) is 0 Å². The van der Waals surface area contributed by atoms with E-state index in [1.807, 2.05) is 18.2 Å². The van der Waals surface area contributed by atoms with Crippen molar-refractivity contribution < 1.29 is 9.47 Å². The maximum Gasteiger partial charge on any atom is 0.222 e. The molecule has 128 valence electrons. The lowest BCUT2D eigenvalue weighted by Gasteiger charge is -2.15. The van der Waals surface area contributed by atoms with Crippen molar-refractivity contribution in [3.05, 3.63) is 40.9 Å². The first kappa shape index (κ1) is 15.8. The largest absolute Gasteiger partial charge is 0.492 e. The average Bonchev–Trinajstić information content (AvgIpc) is 2.98. The third-order valence-corrected chi connectivity index (χ3v) is 4.58. The van der Waals surface area contributed by atoms with Crippen LogP contribution in [0.3, 0.4) is 0 Å². The summed E-state index contributed by atoms with van der Waals surface area (Å²) in [4.78, 5) is 8.35. The summed E-state index contributed by atoms with van der Waals surface area (Å²) >= 11 is 6.06. The zero-order chi connectivity index (χ0) is 17.6. The summed E-state index contributed by atoms with van der Waals surface area (Å²) in [7, 11) is 0. The summed E-state index contributed by atoms with van der Waals surface area (Å²) in [6, 6.07) is 9.08. The molecule has 1 aromatic heterocycles. The Bertz CT molecular complexity index is 977. The van der Waals surface area contributed by atoms with Crippen LogP contribution in [0.25, 0.3) is 10.9 Å². The lowest BCUT2D eigenvalue weighted by atomic mass is 9.96. The van der Waals surface area contributed by atoms with Crippen LogP contribution in [-0.4, -0.2) is 16.6 Å². The van der Waals surface area contributed by atoms with E-state index in [9.17, 15) is 0 Å². The molecule has 6 nitrogen and oxygen atoms in total. The minimum Gasteiger partial charge on any atom is -0.492 e.